The molecule has 8 rings (SSSR count). The van der Waals surface area contributed by atoms with Crippen LogP contribution in [0.4, 0.5) is 0 Å². The second kappa shape index (κ2) is 13.2. The molecular weight excluding hydrogens is 629 g/mol. The van der Waals surface area contributed by atoms with Gasteiger partial charge in [-0.05, 0) is 73.6 Å². The monoisotopic (exact) mass is 670 g/mol. The molecule has 244 valence electrons. The summed E-state index contributed by atoms with van der Waals surface area (Å²) in [5.74, 6) is 1.07. The molecule has 0 radical (unpaired) electrons. The molecule has 0 atom stereocenters. The predicted molar refractivity (Wildman–Crippen MR) is 264 cm³/mol. The van der Waals surface area contributed by atoms with Crippen LogP contribution in [0.1, 0.15) is 12.7 Å². The topological polar surface area (TPSA) is 17.8 Å². The lowest BCUT2D eigenvalue weighted by Crippen LogP contribution is -2.55. The fourth-order valence-electron chi connectivity index (χ4n) is 9.16. The third kappa shape index (κ3) is 5.27. The number of hydrogen-bond donors (Lipinski definition) is 0. The van der Waals surface area contributed by atoms with Crippen LogP contribution in [0.5, 0.6) is 0 Å². The molecule has 0 saturated carbocycles. The van der Waals surface area contributed by atoms with Gasteiger partial charge in [0, 0.05) is 12.0 Å². The Balaban J connectivity index is 1.58. The van der Waals surface area contributed by atoms with Crippen LogP contribution < -0.4 is 54.6 Å². The van der Waals surface area contributed by atoms with E-state index in [4.69, 9.17) is 4.98 Å². The third-order valence-corrected chi connectivity index (χ3v) is 12.9. The van der Waals surface area contributed by atoms with Crippen LogP contribution in [0.25, 0.3) is 71.6 Å². The number of benzene rings is 7. The first-order valence-corrected chi connectivity index (χ1v) is 19.1. The molecule has 0 unspecified atom stereocenters. The van der Waals surface area contributed by atoms with Crippen molar-refractivity contribution >= 4 is 166 Å². The lowest BCUT2D eigenvalue weighted by Gasteiger charge is -2.26. The van der Waals surface area contributed by atoms with Gasteiger partial charge in [-0.2, -0.15) is 0 Å². The second-order valence-electron chi connectivity index (χ2n) is 15.3. The Kier molecular flexibility index (Phi) is 8.80. The van der Waals surface area contributed by atoms with Crippen molar-refractivity contribution in [1.82, 2.24) is 9.55 Å². The maximum Gasteiger partial charge on any atom is 0.139 e. The van der Waals surface area contributed by atoms with Gasteiger partial charge in [-0.1, -0.05) is 95.5 Å². The van der Waals surface area contributed by atoms with Crippen molar-refractivity contribution in [1.29, 1.82) is 0 Å². The fraction of sp³-hybridized carbons (Fsp3) is 0.0488. The minimum absolute atomic E-state index is 0.839. The van der Waals surface area contributed by atoms with Gasteiger partial charge >= 0.3 is 0 Å². The molecule has 0 aliphatic rings. The van der Waals surface area contributed by atoms with Crippen LogP contribution in [0.15, 0.2) is 91.0 Å². The van der Waals surface area contributed by atoms with Crippen LogP contribution in [0.3, 0.4) is 0 Å². The maximum absolute atomic E-state index is 5.11. The number of aryl methyl sites for hydroxylation is 1. The zero-order valence-corrected chi connectivity index (χ0v) is 33.3. The van der Waals surface area contributed by atoms with Crippen molar-refractivity contribution in [2.24, 2.45) is 0 Å². The van der Waals surface area contributed by atoms with Gasteiger partial charge in [0.1, 0.15) is 84.3 Å². The molecule has 53 heavy (non-hydrogen) atoms. The molecule has 0 aliphatic carbocycles. The Morgan fingerprint density at radius 3 is 1.57 bits per heavy atom. The summed E-state index contributed by atoms with van der Waals surface area (Å²) in [4.78, 5) is 5.11. The maximum atomic E-state index is 5.11. The Morgan fingerprint density at radius 2 is 0.943 bits per heavy atom. The summed E-state index contributed by atoms with van der Waals surface area (Å²) < 4.78 is 2.39. The molecule has 0 amide bonds. The molecule has 12 heteroatoms. The van der Waals surface area contributed by atoms with Crippen LogP contribution in [0.2, 0.25) is 0 Å². The molecule has 0 spiro atoms. The number of para-hydroxylation sites is 3. The Morgan fingerprint density at radius 1 is 0.453 bits per heavy atom. The first-order valence-electron chi connectivity index (χ1n) is 19.1. The highest BCUT2D eigenvalue weighted by molar-refractivity contribution is 6.70. The average molecular weight is 669 g/mol. The number of nitrogens with zero attached hydrogens (tertiary/aromatic N) is 2. The minimum Gasteiger partial charge on any atom is -0.296 e. The van der Waals surface area contributed by atoms with Crippen molar-refractivity contribution in [2.75, 3.05) is 0 Å². The smallest absolute Gasteiger partial charge is 0.139 e. The summed E-state index contributed by atoms with van der Waals surface area (Å²) >= 11 is 0. The quantitative estimate of drug-likeness (QED) is 0.132. The average Bonchev–Trinajstić information content (AvgIpc) is 3.56. The SMILES string of the molecule is Bc1c(B)c(B)c(-c2ccc3c(-c4ccccc4-n4c(CC)nc5ccccc54)c4ccccc4c(-c4c(B)c(B)c(B)c(B)c4B)c3c2)c(B)c1B. The molecule has 7 aromatic carbocycles. The van der Waals surface area contributed by atoms with E-state index in [0.717, 1.165) is 29.0 Å². The first-order chi connectivity index (χ1) is 25.5. The van der Waals surface area contributed by atoms with E-state index in [1.54, 1.807) is 0 Å². The van der Waals surface area contributed by atoms with E-state index >= 15 is 0 Å². The van der Waals surface area contributed by atoms with Crippen LogP contribution in [0, 0.1) is 0 Å². The fourth-order valence-corrected chi connectivity index (χ4v) is 9.16. The van der Waals surface area contributed by atoms with E-state index in [0.29, 0.717) is 0 Å². The van der Waals surface area contributed by atoms with Crippen molar-refractivity contribution in [3.8, 4) is 39.1 Å². The van der Waals surface area contributed by atoms with Gasteiger partial charge in [0.15, 0.2) is 0 Å². The lowest BCUT2D eigenvalue weighted by molar-refractivity contribution is 0.909. The van der Waals surface area contributed by atoms with Crippen LogP contribution in [-0.4, -0.2) is 88.0 Å². The van der Waals surface area contributed by atoms with E-state index in [1.165, 1.54) is 110 Å². The molecule has 2 nitrogen and oxygen atoms in total. The molecule has 0 fully saturated rings. The molecule has 1 aromatic heterocycles. The van der Waals surface area contributed by atoms with Crippen molar-refractivity contribution < 1.29 is 0 Å². The van der Waals surface area contributed by atoms with Crippen LogP contribution in [-0.2, 0) is 6.42 Å². The summed E-state index contributed by atoms with van der Waals surface area (Å²) in [5.41, 5.74) is 24.9. The van der Waals surface area contributed by atoms with Crippen molar-refractivity contribution in [2.45, 2.75) is 13.3 Å². The zero-order chi connectivity index (χ0) is 37.5. The highest BCUT2D eigenvalue weighted by Crippen LogP contribution is 2.45. The normalized spacial score (nSPS) is 11.6. The Hall–Kier alpha value is -4.82. The largest absolute Gasteiger partial charge is 0.296 e. The number of aromatic nitrogens is 2. The zero-order valence-electron chi connectivity index (χ0n) is 33.3. The highest BCUT2D eigenvalue weighted by atomic mass is 15.1. The van der Waals surface area contributed by atoms with Crippen LogP contribution >= 0.6 is 0 Å². The van der Waals surface area contributed by atoms with Gasteiger partial charge in [0.2, 0.25) is 0 Å². The Labute approximate surface area is 323 Å². The number of rotatable bonds is 5. The summed E-state index contributed by atoms with van der Waals surface area (Å²) in [6.45, 7) is 2.20. The number of imidazole rings is 1. The second-order valence-corrected chi connectivity index (χ2v) is 15.3. The molecule has 8 aromatic rings. The lowest BCUT2D eigenvalue weighted by atomic mass is 9.59. The van der Waals surface area contributed by atoms with Gasteiger partial charge in [0.25, 0.3) is 0 Å². The summed E-state index contributed by atoms with van der Waals surface area (Å²) in [6, 6.07) is 33.9. The van der Waals surface area contributed by atoms with E-state index in [1.807, 2.05) is 0 Å². The van der Waals surface area contributed by atoms with Gasteiger partial charge < -0.3 is 0 Å². The minimum atomic E-state index is 0.839. The standard InChI is InChI=1S/C41H40B10N2/c1-2-27-52-24-12-6-8-14-26(24)53(27)25-13-7-5-11-22(25)29-19-9-3-4-10-20(19)30(31-34(44)38(48)41(51)39(49)35(31)45)23-17-18(15-16-21(23)29)28-32(42)36(46)40(50)37(47)33(28)43/h3-17H,2,42-51H2,1H3. The summed E-state index contributed by atoms with van der Waals surface area (Å²) in [7, 11) is 23.0. The number of hydrogen-bond acceptors (Lipinski definition) is 1. The van der Waals surface area contributed by atoms with Crippen molar-refractivity contribution in [3.05, 3.63) is 96.8 Å². The Bertz CT molecular complexity index is 2780. The van der Waals surface area contributed by atoms with Gasteiger partial charge in [-0.15, -0.1) is 32.8 Å². The third-order valence-electron chi connectivity index (χ3n) is 12.9. The molecule has 0 aliphatic heterocycles. The molecule has 0 N–H and O–H groups in total. The van der Waals surface area contributed by atoms with E-state index in [-0.39, 0.29) is 0 Å². The summed E-state index contributed by atoms with van der Waals surface area (Å²) in [5, 5.41) is 5.11. The first kappa shape index (κ1) is 35.2. The van der Waals surface area contributed by atoms with E-state index < -0.39 is 0 Å². The van der Waals surface area contributed by atoms with E-state index in [9.17, 15) is 0 Å². The van der Waals surface area contributed by atoms with Gasteiger partial charge in [0.05, 0.1) is 16.7 Å². The molecule has 0 bridgehead atoms. The van der Waals surface area contributed by atoms with E-state index in [2.05, 4.69) is 181 Å². The highest BCUT2D eigenvalue weighted by Gasteiger charge is 2.24. The van der Waals surface area contributed by atoms with Crippen molar-refractivity contribution in [3.63, 3.8) is 0 Å². The molecule has 1 heterocycles. The molecular formula is C41H40B10N2. The summed E-state index contributed by atoms with van der Waals surface area (Å²) in [6.07, 6.45) is 0.839. The number of fused-ring (bicyclic) bond motifs is 3. The molecule has 0 saturated heterocycles. The predicted octanol–water partition coefficient (Wildman–Crippen LogP) is -6.52. The van der Waals surface area contributed by atoms with Gasteiger partial charge in [-0.3, -0.25) is 4.57 Å². The van der Waals surface area contributed by atoms with Gasteiger partial charge in [-0.25, -0.2) is 4.98 Å².